The molecule has 4 N–H and O–H groups in total. The highest BCUT2D eigenvalue weighted by atomic mass is 16.1. The molecule has 0 atom stereocenters. The molecule has 0 spiro atoms. The fraction of sp³-hybridized carbons (Fsp3) is 0.455. The van der Waals surface area contributed by atoms with Crippen LogP contribution in [0.25, 0.3) is 11.6 Å². The maximum atomic E-state index is 11.9. The Bertz CT molecular complexity index is 721. The van der Waals surface area contributed by atoms with Crippen molar-refractivity contribution < 1.29 is 4.79 Å². The highest BCUT2D eigenvalue weighted by Gasteiger charge is 2.17. The Hall–Kier alpha value is -2.40. The Kier molecular flexibility index (Phi) is 14.6. The number of ketones is 1. The van der Waals surface area contributed by atoms with Gasteiger partial charge in [-0.05, 0) is 39.8 Å². The van der Waals surface area contributed by atoms with Gasteiger partial charge in [0, 0.05) is 47.3 Å². The molecule has 0 amide bonds. The van der Waals surface area contributed by atoms with Crippen LogP contribution in [0, 0.1) is 0 Å². The van der Waals surface area contributed by atoms with E-state index in [0.29, 0.717) is 24.4 Å². The number of nitrogens with two attached hydrogens (primary N) is 1. The number of aromatic amines is 1. The number of hydrogen-bond donors (Lipinski definition) is 3. The molecule has 1 aromatic heterocycles. The zero-order valence-corrected chi connectivity index (χ0v) is 18.2. The number of Topliss-reactive ketones (excluding diaryl/α,β-unsaturated/α-hetero) is 1. The van der Waals surface area contributed by atoms with Crippen molar-refractivity contribution in [2.24, 2.45) is 5.73 Å². The van der Waals surface area contributed by atoms with Crippen LogP contribution in [-0.4, -0.2) is 23.9 Å². The number of carbonyl (C=O) groups excluding carboxylic acids is 1. The van der Waals surface area contributed by atoms with Crippen LogP contribution in [-0.2, 0) is 4.79 Å². The van der Waals surface area contributed by atoms with Gasteiger partial charge in [0.15, 0.2) is 5.78 Å². The average Bonchev–Trinajstić information content (AvgIpc) is 2.67. The third-order valence-electron chi connectivity index (χ3n) is 3.52. The Labute approximate surface area is 164 Å². The summed E-state index contributed by atoms with van der Waals surface area (Å²) in [5, 5.41) is 3.25. The molecule has 0 fully saturated rings. The summed E-state index contributed by atoms with van der Waals surface area (Å²) in [7, 11) is 0. The lowest BCUT2D eigenvalue weighted by molar-refractivity contribution is -0.113. The Morgan fingerprint density at radius 2 is 1.70 bits per heavy atom. The second-order valence-electron chi connectivity index (χ2n) is 5.50. The smallest absolute Gasteiger partial charge is 0.248 e. The molecule has 1 aromatic rings. The summed E-state index contributed by atoms with van der Waals surface area (Å²) >= 11 is 0. The third kappa shape index (κ3) is 8.22. The van der Waals surface area contributed by atoms with Gasteiger partial charge < -0.3 is 16.0 Å². The SMILES string of the molecule is C=Cc1[nH]c(=O)ccc1C(=C(C)C)/C(NCCN)=C(\C)C(C)=O.CC.CC. The van der Waals surface area contributed by atoms with Gasteiger partial charge in [0.2, 0.25) is 5.56 Å². The third-order valence-corrected chi connectivity index (χ3v) is 3.52. The zero-order chi connectivity index (χ0) is 21.6. The summed E-state index contributed by atoms with van der Waals surface area (Å²) in [5.41, 5.74) is 10.1. The molecule has 0 saturated carbocycles. The standard InChI is InChI=1S/C18H25N3O2.2C2H6/c1-6-15-14(7-8-16(23)21-15)17(11(2)3)18(20-10-9-19)12(4)13(5)22;2*1-2/h6-8,20H,1,9-10,19H2,2-5H3,(H,21,23);2*1-2H3/b18-12-;;. The molecule has 0 aliphatic heterocycles. The van der Waals surface area contributed by atoms with Crippen molar-refractivity contribution in [3.05, 3.63) is 57.2 Å². The molecular weight excluding hydrogens is 338 g/mol. The topological polar surface area (TPSA) is 88.0 Å². The minimum absolute atomic E-state index is 0.0205. The minimum Gasteiger partial charge on any atom is -0.383 e. The first-order chi connectivity index (χ1) is 12.8. The number of allylic oxidation sites excluding steroid dienone is 3. The van der Waals surface area contributed by atoms with E-state index in [1.807, 2.05) is 41.5 Å². The molecule has 5 heteroatoms. The van der Waals surface area contributed by atoms with Crippen molar-refractivity contribution >= 4 is 17.4 Å². The number of rotatable bonds is 7. The number of hydrogen-bond acceptors (Lipinski definition) is 4. The van der Waals surface area contributed by atoms with Crippen LogP contribution in [0.4, 0.5) is 0 Å². The molecule has 152 valence electrons. The summed E-state index contributed by atoms with van der Waals surface area (Å²) in [6.45, 7) is 20.0. The van der Waals surface area contributed by atoms with Crippen LogP contribution in [0.15, 0.2) is 40.3 Å². The minimum atomic E-state index is -0.194. The van der Waals surface area contributed by atoms with Gasteiger partial charge >= 0.3 is 0 Å². The fourth-order valence-corrected chi connectivity index (χ4v) is 2.31. The maximum Gasteiger partial charge on any atom is 0.248 e. The Morgan fingerprint density at radius 3 is 2.11 bits per heavy atom. The van der Waals surface area contributed by atoms with Crippen LogP contribution < -0.4 is 16.6 Å². The van der Waals surface area contributed by atoms with E-state index in [9.17, 15) is 9.59 Å². The first-order valence-corrected chi connectivity index (χ1v) is 9.53. The average molecular weight is 376 g/mol. The maximum absolute atomic E-state index is 11.9. The molecule has 0 bridgehead atoms. The van der Waals surface area contributed by atoms with Gasteiger partial charge in [0.05, 0.1) is 0 Å². The molecule has 5 nitrogen and oxygen atoms in total. The second kappa shape index (κ2) is 14.7. The monoisotopic (exact) mass is 375 g/mol. The summed E-state index contributed by atoms with van der Waals surface area (Å²) in [4.78, 5) is 26.2. The lowest BCUT2D eigenvalue weighted by atomic mass is 9.93. The highest BCUT2D eigenvalue weighted by molar-refractivity contribution is 5.98. The van der Waals surface area contributed by atoms with Gasteiger partial charge in [0.1, 0.15) is 0 Å². The zero-order valence-electron chi connectivity index (χ0n) is 18.2. The number of carbonyl (C=O) groups is 1. The van der Waals surface area contributed by atoms with E-state index in [4.69, 9.17) is 5.73 Å². The van der Waals surface area contributed by atoms with E-state index in [1.54, 1.807) is 19.1 Å². The number of H-pyrrole nitrogens is 1. The quantitative estimate of drug-likeness (QED) is 0.490. The van der Waals surface area contributed by atoms with Crippen molar-refractivity contribution in [3.63, 3.8) is 0 Å². The van der Waals surface area contributed by atoms with Crippen molar-refractivity contribution in [2.45, 2.75) is 55.4 Å². The largest absolute Gasteiger partial charge is 0.383 e. The first-order valence-electron chi connectivity index (χ1n) is 9.53. The fourth-order valence-electron chi connectivity index (χ4n) is 2.31. The molecule has 0 aliphatic rings. The lowest BCUT2D eigenvalue weighted by Crippen LogP contribution is -2.25. The van der Waals surface area contributed by atoms with Crippen LogP contribution in [0.3, 0.4) is 0 Å². The van der Waals surface area contributed by atoms with Gasteiger partial charge in [-0.1, -0.05) is 39.8 Å². The van der Waals surface area contributed by atoms with Crippen LogP contribution in [0.5, 0.6) is 0 Å². The van der Waals surface area contributed by atoms with Gasteiger partial charge in [-0.15, -0.1) is 0 Å². The molecule has 0 saturated heterocycles. The molecule has 0 aromatic carbocycles. The Morgan fingerprint density at radius 1 is 1.15 bits per heavy atom. The Balaban J connectivity index is 0. The number of pyridine rings is 1. The van der Waals surface area contributed by atoms with E-state index >= 15 is 0 Å². The molecule has 0 radical (unpaired) electrons. The van der Waals surface area contributed by atoms with Gasteiger partial charge in [0.25, 0.3) is 0 Å². The van der Waals surface area contributed by atoms with Crippen molar-refractivity contribution in [1.29, 1.82) is 0 Å². The van der Waals surface area contributed by atoms with Gasteiger partial charge in [-0.2, -0.15) is 0 Å². The predicted molar refractivity (Wildman–Crippen MR) is 119 cm³/mol. The molecule has 0 unspecified atom stereocenters. The second-order valence-corrected chi connectivity index (χ2v) is 5.50. The summed E-state index contributed by atoms with van der Waals surface area (Å²) < 4.78 is 0. The normalized spacial score (nSPS) is 10.3. The van der Waals surface area contributed by atoms with Gasteiger partial charge in [-0.3, -0.25) is 9.59 Å². The van der Waals surface area contributed by atoms with Crippen molar-refractivity contribution in [2.75, 3.05) is 13.1 Å². The van der Waals surface area contributed by atoms with E-state index in [1.165, 1.54) is 13.0 Å². The first kappa shape index (κ1) is 26.8. The van der Waals surface area contributed by atoms with Crippen molar-refractivity contribution in [3.8, 4) is 0 Å². The number of nitrogens with one attached hydrogen (secondary N) is 2. The van der Waals surface area contributed by atoms with Gasteiger partial charge in [-0.25, -0.2) is 0 Å². The lowest BCUT2D eigenvalue weighted by Gasteiger charge is -2.20. The predicted octanol–water partition coefficient (Wildman–Crippen LogP) is 4.28. The van der Waals surface area contributed by atoms with E-state index in [-0.39, 0.29) is 11.3 Å². The van der Waals surface area contributed by atoms with E-state index in [0.717, 1.165) is 22.4 Å². The molecule has 0 aliphatic carbocycles. The summed E-state index contributed by atoms with van der Waals surface area (Å²) in [6, 6.07) is 3.21. The van der Waals surface area contributed by atoms with E-state index < -0.39 is 0 Å². The molecular formula is C22H37N3O2. The van der Waals surface area contributed by atoms with E-state index in [2.05, 4.69) is 16.9 Å². The van der Waals surface area contributed by atoms with Crippen LogP contribution in [0.1, 0.15) is 66.6 Å². The number of aromatic nitrogens is 1. The molecule has 27 heavy (non-hydrogen) atoms. The molecule has 1 rings (SSSR count). The summed E-state index contributed by atoms with van der Waals surface area (Å²) in [5.74, 6) is -0.0205. The summed E-state index contributed by atoms with van der Waals surface area (Å²) in [6.07, 6.45) is 1.60. The van der Waals surface area contributed by atoms with Crippen LogP contribution >= 0.6 is 0 Å². The van der Waals surface area contributed by atoms with Crippen molar-refractivity contribution in [1.82, 2.24) is 10.3 Å². The molecule has 1 heterocycles. The van der Waals surface area contributed by atoms with Crippen LogP contribution in [0.2, 0.25) is 0 Å². The highest BCUT2D eigenvalue weighted by Crippen LogP contribution is 2.29.